The minimum absolute atomic E-state index is 0.451. The molecule has 2 heteroatoms. The average molecular weight is 154 g/mol. The van der Waals surface area contributed by atoms with Crippen LogP contribution in [0.5, 0.6) is 0 Å². The van der Waals surface area contributed by atoms with Crippen LogP contribution in [0.4, 0.5) is 0 Å². The molecule has 0 aromatic rings. The first kappa shape index (κ1) is 7.56. The zero-order valence-corrected chi connectivity index (χ0v) is 7.32. The first-order chi connectivity index (χ1) is 5.29. The molecule has 0 aromatic carbocycles. The Hall–Kier alpha value is -0.0800. The van der Waals surface area contributed by atoms with Crippen LogP contribution in [-0.4, -0.2) is 24.7 Å². The molecule has 1 heterocycles. The van der Waals surface area contributed by atoms with Crippen molar-refractivity contribution in [1.29, 1.82) is 0 Å². The topological polar surface area (TPSA) is 24.1 Å². The van der Waals surface area contributed by atoms with E-state index in [2.05, 4.69) is 17.6 Å². The van der Waals surface area contributed by atoms with Gasteiger partial charge >= 0.3 is 0 Å². The Morgan fingerprint density at radius 3 is 2.45 bits per heavy atom. The van der Waals surface area contributed by atoms with Crippen LogP contribution in [0.15, 0.2) is 0 Å². The van der Waals surface area contributed by atoms with E-state index in [4.69, 9.17) is 0 Å². The van der Waals surface area contributed by atoms with Gasteiger partial charge in [0.1, 0.15) is 0 Å². The van der Waals surface area contributed by atoms with E-state index in [0.29, 0.717) is 5.54 Å². The second-order valence-electron chi connectivity index (χ2n) is 4.23. The predicted octanol–water partition coefficient (Wildman–Crippen LogP) is 0.880. The molecule has 1 saturated heterocycles. The predicted molar refractivity (Wildman–Crippen MR) is 46.7 cm³/mol. The molecule has 2 aliphatic rings. The molecule has 2 N–H and O–H groups in total. The summed E-state index contributed by atoms with van der Waals surface area (Å²) in [5.41, 5.74) is 0.451. The van der Waals surface area contributed by atoms with E-state index in [1.54, 1.807) is 0 Å². The number of rotatable bonds is 2. The largest absolute Gasteiger partial charge is 0.317 e. The van der Waals surface area contributed by atoms with Crippen molar-refractivity contribution < 1.29 is 0 Å². The zero-order valence-electron chi connectivity index (χ0n) is 7.32. The Kier molecular flexibility index (Phi) is 1.90. The minimum atomic E-state index is 0.451. The summed E-state index contributed by atoms with van der Waals surface area (Å²) in [5, 5.41) is 7.12. The van der Waals surface area contributed by atoms with Crippen molar-refractivity contribution in [1.82, 2.24) is 10.6 Å². The molecule has 1 aliphatic heterocycles. The molecule has 0 unspecified atom stereocenters. The third kappa shape index (κ3) is 1.94. The van der Waals surface area contributed by atoms with Gasteiger partial charge in [-0.1, -0.05) is 0 Å². The maximum absolute atomic E-state index is 3.73. The van der Waals surface area contributed by atoms with Crippen LogP contribution in [0.25, 0.3) is 0 Å². The van der Waals surface area contributed by atoms with E-state index < -0.39 is 0 Å². The molecule has 0 radical (unpaired) electrons. The molecule has 64 valence electrons. The van der Waals surface area contributed by atoms with Gasteiger partial charge in [-0.2, -0.15) is 0 Å². The first-order valence-electron chi connectivity index (χ1n) is 4.77. The van der Waals surface area contributed by atoms with Crippen LogP contribution in [0.3, 0.4) is 0 Å². The van der Waals surface area contributed by atoms with Crippen LogP contribution in [-0.2, 0) is 0 Å². The molecular weight excluding hydrogens is 136 g/mol. The first-order valence-corrected chi connectivity index (χ1v) is 4.77. The molecule has 0 atom stereocenters. The highest BCUT2D eigenvalue weighted by atomic mass is 15.1. The number of hydrogen-bond acceptors (Lipinski definition) is 2. The van der Waals surface area contributed by atoms with Crippen molar-refractivity contribution in [2.45, 2.75) is 44.2 Å². The summed E-state index contributed by atoms with van der Waals surface area (Å²) in [5.74, 6) is 0. The highest BCUT2D eigenvalue weighted by Crippen LogP contribution is 2.26. The van der Waals surface area contributed by atoms with Gasteiger partial charge in [-0.25, -0.2) is 0 Å². The summed E-state index contributed by atoms with van der Waals surface area (Å²) in [6, 6.07) is 0.859. The highest BCUT2D eigenvalue weighted by molar-refractivity contribution is 4.94. The maximum atomic E-state index is 3.73. The second-order valence-corrected chi connectivity index (χ2v) is 4.23. The Morgan fingerprint density at radius 1 is 1.27 bits per heavy atom. The van der Waals surface area contributed by atoms with Crippen LogP contribution in [0.1, 0.15) is 32.6 Å². The molecule has 1 aliphatic carbocycles. The van der Waals surface area contributed by atoms with Crippen molar-refractivity contribution in [2.24, 2.45) is 0 Å². The summed E-state index contributed by atoms with van der Waals surface area (Å²) in [6.07, 6.45) is 5.40. The third-order valence-corrected chi connectivity index (χ3v) is 2.84. The number of piperidine rings is 1. The standard InChI is InChI=1S/C9H18N2/c1-9(11-8-2-3-8)4-6-10-7-5-9/h8,10-11H,2-7H2,1H3. The van der Waals surface area contributed by atoms with Gasteiger partial charge in [0.2, 0.25) is 0 Å². The molecule has 0 spiro atoms. The van der Waals surface area contributed by atoms with Crippen molar-refractivity contribution >= 4 is 0 Å². The SMILES string of the molecule is CC1(NC2CC2)CCNCC1. The van der Waals surface area contributed by atoms with Gasteiger partial charge in [0, 0.05) is 11.6 Å². The Morgan fingerprint density at radius 2 is 1.91 bits per heavy atom. The fraction of sp³-hybridized carbons (Fsp3) is 1.00. The fourth-order valence-corrected chi connectivity index (χ4v) is 1.84. The van der Waals surface area contributed by atoms with Crippen LogP contribution < -0.4 is 10.6 Å². The molecule has 2 fully saturated rings. The summed E-state index contributed by atoms with van der Waals surface area (Å²) >= 11 is 0. The van der Waals surface area contributed by atoms with Gasteiger partial charge in [0.15, 0.2) is 0 Å². The van der Waals surface area contributed by atoms with E-state index in [0.717, 1.165) is 6.04 Å². The summed E-state index contributed by atoms with van der Waals surface area (Å²) < 4.78 is 0. The monoisotopic (exact) mass is 154 g/mol. The van der Waals surface area contributed by atoms with Crippen LogP contribution in [0.2, 0.25) is 0 Å². The minimum Gasteiger partial charge on any atom is -0.317 e. The van der Waals surface area contributed by atoms with Crippen LogP contribution in [0, 0.1) is 0 Å². The third-order valence-electron chi connectivity index (χ3n) is 2.84. The normalized spacial score (nSPS) is 30.3. The summed E-state index contributed by atoms with van der Waals surface area (Å²) in [4.78, 5) is 0. The lowest BCUT2D eigenvalue weighted by atomic mass is 9.90. The zero-order chi connectivity index (χ0) is 7.73. The Bertz CT molecular complexity index is 134. The van der Waals surface area contributed by atoms with Crippen molar-refractivity contribution in [3.63, 3.8) is 0 Å². The molecule has 1 saturated carbocycles. The number of nitrogens with one attached hydrogen (secondary N) is 2. The quantitative estimate of drug-likeness (QED) is 0.617. The lowest BCUT2D eigenvalue weighted by Crippen LogP contribution is -2.50. The van der Waals surface area contributed by atoms with Crippen molar-refractivity contribution in [3.8, 4) is 0 Å². The smallest absolute Gasteiger partial charge is 0.0180 e. The van der Waals surface area contributed by atoms with Gasteiger partial charge in [0.05, 0.1) is 0 Å². The van der Waals surface area contributed by atoms with Gasteiger partial charge in [-0.3, -0.25) is 0 Å². The van der Waals surface area contributed by atoms with E-state index in [1.807, 2.05) is 0 Å². The van der Waals surface area contributed by atoms with E-state index in [1.165, 1.54) is 38.8 Å². The van der Waals surface area contributed by atoms with Crippen molar-refractivity contribution in [3.05, 3.63) is 0 Å². The molecule has 2 rings (SSSR count). The van der Waals surface area contributed by atoms with E-state index in [-0.39, 0.29) is 0 Å². The molecule has 0 bridgehead atoms. The van der Waals surface area contributed by atoms with Gasteiger partial charge in [-0.15, -0.1) is 0 Å². The Labute approximate surface area is 68.7 Å². The van der Waals surface area contributed by atoms with Crippen LogP contribution >= 0.6 is 0 Å². The van der Waals surface area contributed by atoms with E-state index >= 15 is 0 Å². The molecule has 0 amide bonds. The lowest BCUT2D eigenvalue weighted by molar-refractivity contribution is 0.264. The molecule has 2 nitrogen and oxygen atoms in total. The van der Waals surface area contributed by atoms with Gasteiger partial charge in [-0.05, 0) is 45.7 Å². The van der Waals surface area contributed by atoms with Gasteiger partial charge in [0.25, 0.3) is 0 Å². The lowest BCUT2D eigenvalue weighted by Gasteiger charge is -2.35. The van der Waals surface area contributed by atoms with Gasteiger partial charge < -0.3 is 10.6 Å². The highest BCUT2D eigenvalue weighted by Gasteiger charge is 2.32. The Balaban J connectivity index is 1.84. The second kappa shape index (κ2) is 2.76. The average Bonchev–Trinajstić information content (AvgIpc) is 2.72. The fourth-order valence-electron chi connectivity index (χ4n) is 1.84. The van der Waals surface area contributed by atoms with E-state index in [9.17, 15) is 0 Å². The molecule has 11 heavy (non-hydrogen) atoms. The number of hydrogen-bond donors (Lipinski definition) is 2. The molecular formula is C9H18N2. The van der Waals surface area contributed by atoms with Crippen molar-refractivity contribution in [2.75, 3.05) is 13.1 Å². The molecule has 0 aromatic heterocycles. The summed E-state index contributed by atoms with van der Waals surface area (Å²) in [6.45, 7) is 4.75. The maximum Gasteiger partial charge on any atom is 0.0180 e. The summed E-state index contributed by atoms with van der Waals surface area (Å²) in [7, 11) is 0.